The number of rotatable bonds is 4. The van der Waals surface area contributed by atoms with Crippen molar-refractivity contribution >= 4 is 0 Å². The Labute approximate surface area is 98.3 Å². The third-order valence-electron chi connectivity index (χ3n) is 2.26. The van der Waals surface area contributed by atoms with Gasteiger partial charge < -0.3 is 9.72 Å². The van der Waals surface area contributed by atoms with Gasteiger partial charge in [-0.2, -0.15) is 10.1 Å². The molecule has 2 aromatic rings. The van der Waals surface area contributed by atoms with Crippen LogP contribution in [-0.4, -0.2) is 19.7 Å². The molecule has 0 amide bonds. The fourth-order valence-electron chi connectivity index (χ4n) is 1.39. The first kappa shape index (κ1) is 11.4. The molecule has 0 aliphatic heterocycles. The first-order chi connectivity index (χ1) is 8.21. The summed E-state index contributed by atoms with van der Waals surface area (Å²) in [6.45, 7) is 4.67. The molecular weight excluding hydrogens is 220 g/mol. The highest BCUT2D eigenvalue weighted by atomic mass is 16.5. The third-order valence-corrected chi connectivity index (χ3v) is 2.26. The van der Waals surface area contributed by atoms with E-state index in [-0.39, 0.29) is 5.56 Å². The Kier molecular flexibility index (Phi) is 3.22. The zero-order chi connectivity index (χ0) is 12.3. The minimum absolute atomic E-state index is 0.213. The second-order valence-corrected chi connectivity index (χ2v) is 3.52. The lowest BCUT2D eigenvalue weighted by Crippen LogP contribution is -2.10. The molecule has 0 unspecified atom stereocenters. The van der Waals surface area contributed by atoms with Crippen LogP contribution in [0.5, 0.6) is 11.6 Å². The molecule has 90 valence electrons. The van der Waals surface area contributed by atoms with Crippen LogP contribution in [0.3, 0.4) is 0 Å². The van der Waals surface area contributed by atoms with Crippen LogP contribution in [0.1, 0.15) is 19.7 Å². The zero-order valence-corrected chi connectivity index (χ0v) is 9.80. The summed E-state index contributed by atoms with van der Waals surface area (Å²) in [5, 5.41) is 4.07. The van der Waals surface area contributed by atoms with Crippen LogP contribution in [0, 0.1) is 0 Å². The molecule has 2 heterocycles. The normalized spacial score (nSPS) is 10.5. The molecular formula is C11H14N4O2. The highest BCUT2D eigenvalue weighted by Crippen LogP contribution is 2.16. The van der Waals surface area contributed by atoms with Crippen molar-refractivity contribution in [2.24, 2.45) is 0 Å². The number of aryl methyl sites for hydroxylation is 2. The van der Waals surface area contributed by atoms with Gasteiger partial charge in [-0.25, -0.2) is 0 Å². The molecule has 0 aromatic carbocycles. The van der Waals surface area contributed by atoms with Gasteiger partial charge in [0.05, 0.1) is 18.5 Å². The minimum Gasteiger partial charge on any atom is -0.435 e. The topological polar surface area (TPSA) is 72.8 Å². The van der Waals surface area contributed by atoms with Gasteiger partial charge in [-0.15, -0.1) is 0 Å². The smallest absolute Gasteiger partial charge is 0.254 e. The highest BCUT2D eigenvalue weighted by molar-refractivity contribution is 5.20. The van der Waals surface area contributed by atoms with E-state index < -0.39 is 0 Å². The summed E-state index contributed by atoms with van der Waals surface area (Å²) in [5.41, 5.74) is -0.213. The summed E-state index contributed by atoms with van der Waals surface area (Å²) in [7, 11) is 0. The number of H-pyrrole nitrogens is 1. The second kappa shape index (κ2) is 4.82. The predicted octanol–water partition coefficient (Wildman–Crippen LogP) is 1.34. The van der Waals surface area contributed by atoms with E-state index >= 15 is 0 Å². The number of hydrogen-bond acceptors (Lipinski definition) is 4. The van der Waals surface area contributed by atoms with Crippen LogP contribution in [0.4, 0.5) is 0 Å². The number of aromatic amines is 1. The molecule has 0 saturated heterocycles. The summed E-state index contributed by atoms with van der Waals surface area (Å²) in [6.07, 6.45) is 4.01. The van der Waals surface area contributed by atoms with Crippen LogP contribution < -0.4 is 10.3 Å². The molecule has 1 N–H and O–H groups in total. The van der Waals surface area contributed by atoms with E-state index in [1.54, 1.807) is 17.1 Å². The highest BCUT2D eigenvalue weighted by Gasteiger charge is 2.04. The Morgan fingerprint density at radius 3 is 2.94 bits per heavy atom. The maximum absolute atomic E-state index is 11.3. The molecule has 0 aliphatic carbocycles. The summed E-state index contributed by atoms with van der Waals surface area (Å²) in [5.74, 6) is 1.48. The molecule has 0 saturated carbocycles. The number of hydrogen-bond donors (Lipinski definition) is 1. The Morgan fingerprint density at radius 1 is 1.47 bits per heavy atom. The van der Waals surface area contributed by atoms with Gasteiger partial charge in [0, 0.05) is 13.0 Å². The predicted molar refractivity (Wildman–Crippen MR) is 62.2 cm³/mol. The average Bonchev–Trinajstić information content (AvgIpc) is 2.76. The fourth-order valence-corrected chi connectivity index (χ4v) is 1.39. The molecule has 0 atom stereocenters. The van der Waals surface area contributed by atoms with E-state index in [1.165, 1.54) is 6.07 Å². The number of aromatic nitrogens is 4. The van der Waals surface area contributed by atoms with Crippen molar-refractivity contribution in [1.82, 2.24) is 19.7 Å². The molecule has 0 aliphatic rings. The van der Waals surface area contributed by atoms with Crippen molar-refractivity contribution in [2.45, 2.75) is 26.8 Å². The Balaban J connectivity index is 2.23. The third kappa shape index (κ3) is 2.72. The number of nitrogens with one attached hydrogen (secondary N) is 1. The van der Waals surface area contributed by atoms with Crippen molar-refractivity contribution in [3.63, 3.8) is 0 Å². The molecule has 2 aromatic heterocycles. The quantitative estimate of drug-likeness (QED) is 0.866. The maximum atomic E-state index is 11.3. The van der Waals surface area contributed by atoms with E-state index in [2.05, 4.69) is 15.1 Å². The largest absolute Gasteiger partial charge is 0.435 e. The molecule has 0 fully saturated rings. The van der Waals surface area contributed by atoms with Crippen LogP contribution in [0.2, 0.25) is 0 Å². The number of ether oxygens (including phenoxy) is 1. The van der Waals surface area contributed by atoms with Gasteiger partial charge in [-0.05, 0) is 6.92 Å². The maximum Gasteiger partial charge on any atom is 0.254 e. The minimum atomic E-state index is -0.213. The fraction of sp³-hybridized carbons (Fsp3) is 0.364. The molecule has 6 heteroatoms. The Hall–Kier alpha value is -2.11. The van der Waals surface area contributed by atoms with Gasteiger partial charge in [0.25, 0.3) is 5.56 Å². The van der Waals surface area contributed by atoms with Gasteiger partial charge in [-0.1, -0.05) is 6.92 Å². The summed E-state index contributed by atoms with van der Waals surface area (Å²) >= 11 is 0. The van der Waals surface area contributed by atoms with Crippen molar-refractivity contribution in [2.75, 3.05) is 0 Å². The molecule has 6 nitrogen and oxygen atoms in total. The summed E-state index contributed by atoms with van der Waals surface area (Å²) < 4.78 is 7.21. The average molecular weight is 234 g/mol. The molecule has 0 bridgehead atoms. The first-order valence-corrected chi connectivity index (χ1v) is 5.51. The van der Waals surface area contributed by atoms with Gasteiger partial charge in [0.15, 0.2) is 5.75 Å². The van der Waals surface area contributed by atoms with Gasteiger partial charge in [0.1, 0.15) is 5.82 Å². The van der Waals surface area contributed by atoms with Crippen molar-refractivity contribution in [3.8, 4) is 11.6 Å². The van der Waals surface area contributed by atoms with Crippen molar-refractivity contribution in [3.05, 3.63) is 34.6 Å². The van der Waals surface area contributed by atoms with Gasteiger partial charge in [-0.3, -0.25) is 9.48 Å². The Bertz CT molecular complexity index is 559. The zero-order valence-electron chi connectivity index (χ0n) is 9.80. The van der Waals surface area contributed by atoms with E-state index in [0.717, 1.165) is 6.54 Å². The van der Waals surface area contributed by atoms with E-state index in [4.69, 9.17) is 4.74 Å². The van der Waals surface area contributed by atoms with Gasteiger partial charge >= 0.3 is 0 Å². The number of nitrogens with zero attached hydrogens (tertiary/aromatic N) is 3. The van der Waals surface area contributed by atoms with Crippen molar-refractivity contribution in [1.29, 1.82) is 0 Å². The lowest BCUT2D eigenvalue weighted by Gasteiger charge is -2.02. The summed E-state index contributed by atoms with van der Waals surface area (Å²) in [4.78, 5) is 18.1. The first-order valence-electron chi connectivity index (χ1n) is 5.51. The van der Waals surface area contributed by atoms with E-state index in [1.807, 2.05) is 13.8 Å². The van der Waals surface area contributed by atoms with Crippen LogP contribution >= 0.6 is 0 Å². The molecule has 0 spiro atoms. The molecule has 0 radical (unpaired) electrons. The summed E-state index contributed by atoms with van der Waals surface area (Å²) in [6, 6.07) is 1.32. The van der Waals surface area contributed by atoms with Crippen LogP contribution in [0.15, 0.2) is 23.3 Å². The Morgan fingerprint density at radius 2 is 2.29 bits per heavy atom. The van der Waals surface area contributed by atoms with Crippen LogP contribution in [0.25, 0.3) is 0 Å². The lowest BCUT2D eigenvalue weighted by atomic mass is 10.4. The SMILES string of the molecule is CCc1nc(Oc2cnn(CC)c2)cc(=O)[nH]1. The lowest BCUT2D eigenvalue weighted by molar-refractivity contribution is 0.456. The van der Waals surface area contributed by atoms with Crippen molar-refractivity contribution < 1.29 is 4.74 Å². The van der Waals surface area contributed by atoms with Gasteiger partial charge in [0.2, 0.25) is 5.88 Å². The second-order valence-electron chi connectivity index (χ2n) is 3.52. The molecule has 2 rings (SSSR count). The standard InChI is InChI=1S/C11H14N4O2/c1-3-9-13-10(16)5-11(14-9)17-8-6-12-15(4-2)7-8/h5-7H,3-4H2,1-2H3,(H,13,14,16). The van der Waals surface area contributed by atoms with E-state index in [0.29, 0.717) is 23.9 Å². The van der Waals surface area contributed by atoms with E-state index in [9.17, 15) is 4.79 Å². The van der Waals surface area contributed by atoms with Crippen LogP contribution in [-0.2, 0) is 13.0 Å². The monoisotopic (exact) mass is 234 g/mol. The molecule has 17 heavy (non-hydrogen) atoms.